The third-order valence-corrected chi connectivity index (χ3v) is 3.40. The van der Waals surface area contributed by atoms with E-state index in [1.165, 1.54) is 0 Å². The fraction of sp³-hybridized carbons (Fsp3) is 0.250. The molecule has 114 valence electrons. The van der Waals surface area contributed by atoms with Crippen molar-refractivity contribution in [3.8, 4) is 11.5 Å². The van der Waals surface area contributed by atoms with E-state index >= 15 is 0 Å². The van der Waals surface area contributed by atoms with E-state index in [4.69, 9.17) is 4.74 Å². The average molecular weight is 299 g/mol. The molecule has 6 heteroatoms. The van der Waals surface area contributed by atoms with Gasteiger partial charge >= 0.3 is 6.03 Å². The Kier molecular flexibility index (Phi) is 4.20. The number of benzene rings is 1. The Labute approximate surface area is 128 Å². The van der Waals surface area contributed by atoms with Crippen molar-refractivity contribution >= 4 is 11.8 Å². The Balaban J connectivity index is 1.58. The summed E-state index contributed by atoms with van der Waals surface area (Å²) in [7, 11) is 0. The number of pyridine rings is 1. The highest BCUT2D eigenvalue weighted by Gasteiger charge is 2.24. The summed E-state index contributed by atoms with van der Waals surface area (Å²) in [5, 5.41) is 12.1. The largest absolute Gasteiger partial charge is 0.456 e. The molecule has 1 fully saturated rings. The van der Waals surface area contributed by atoms with Crippen molar-refractivity contribution in [2.45, 2.75) is 12.5 Å². The molecule has 3 rings (SSSR count). The fourth-order valence-corrected chi connectivity index (χ4v) is 2.25. The number of likely N-dealkylation sites (tertiary alicyclic amines) is 1. The minimum Gasteiger partial charge on any atom is -0.456 e. The number of amides is 2. The van der Waals surface area contributed by atoms with E-state index in [-0.39, 0.29) is 6.03 Å². The third-order valence-electron chi connectivity index (χ3n) is 3.40. The van der Waals surface area contributed by atoms with E-state index in [0.29, 0.717) is 31.1 Å². The highest BCUT2D eigenvalue weighted by molar-refractivity contribution is 5.88. The van der Waals surface area contributed by atoms with Crippen LogP contribution in [0.5, 0.6) is 11.5 Å². The zero-order valence-electron chi connectivity index (χ0n) is 12.0. The number of rotatable bonds is 3. The molecule has 0 unspecified atom stereocenters. The van der Waals surface area contributed by atoms with Crippen LogP contribution in [0.2, 0.25) is 0 Å². The number of para-hydroxylation sites is 1. The minimum absolute atomic E-state index is 0.249. The number of carbonyl (C=O) groups is 1. The van der Waals surface area contributed by atoms with Gasteiger partial charge in [-0.1, -0.05) is 18.2 Å². The molecule has 1 aliphatic heterocycles. The molecule has 2 amide bonds. The van der Waals surface area contributed by atoms with Gasteiger partial charge in [0.05, 0.1) is 12.3 Å². The van der Waals surface area contributed by atoms with Crippen molar-refractivity contribution in [3.05, 3.63) is 48.7 Å². The van der Waals surface area contributed by atoms with Crippen LogP contribution >= 0.6 is 0 Å². The summed E-state index contributed by atoms with van der Waals surface area (Å²) in [5.74, 6) is 1.78. The topological polar surface area (TPSA) is 74.7 Å². The highest BCUT2D eigenvalue weighted by Crippen LogP contribution is 2.21. The third kappa shape index (κ3) is 3.53. The number of hydrogen-bond acceptors (Lipinski definition) is 4. The number of carbonyl (C=O) groups excluding carboxylic acids is 1. The molecule has 0 aliphatic carbocycles. The van der Waals surface area contributed by atoms with Gasteiger partial charge < -0.3 is 14.7 Å². The smallest absolute Gasteiger partial charge is 0.323 e. The Hall–Kier alpha value is -2.60. The van der Waals surface area contributed by atoms with Crippen LogP contribution in [0.3, 0.4) is 0 Å². The van der Waals surface area contributed by atoms with Gasteiger partial charge in [-0.3, -0.25) is 5.32 Å². The van der Waals surface area contributed by atoms with Crippen molar-refractivity contribution < 1.29 is 14.6 Å². The number of aliphatic hydroxyl groups is 1. The second-order valence-corrected chi connectivity index (χ2v) is 5.11. The zero-order valence-corrected chi connectivity index (χ0v) is 12.0. The maximum Gasteiger partial charge on any atom is 0.323 e. The van der Waals surface area contributed by atoms with Crippen LogP contribution < -0.4 is 10.1 Å². The van der Waals surface area contributed by atoms with Crippen molar-refractivity contribution in [3.63, 3.8) is 0 Å². The molecule has 2 aromatic rings. The lowest BCUT2D eigenvalue weighted by atomic mass is 10.3. The number of aromatic nitrogens is 1. The predicted molar refractivity (Wildman–Crippen MR) is 82.0 cm³/mol. The maximum absolute atomic E-state index is 12.0. The molecule has 1 aromatic heterocycles. The fourth-order valence-electron chi connectivity index (χ4n) is 2.25. The van der Waals surface area contributed by atoms with Gasteiger partial charge in [-0.25, -0.2) is 9.78 Å². The van der Waals surface area contributed by atoms with Crippen LogP contribution in [-0.2, 0) is 0 Å². The summed E-state index contributed by atoms with van der Waals surface area (Å²) in [4.78, 5) is 17.7. The molecule has 0 saturated carbocycles. The van der Waals surface area contributed by atoms with Crippen LogP contribution in [-0.4, -0.2) is 40.2 Å². The molecule has 1 aliphatic rings. The number of ether oxygens (including phenoxy) is 1. The molecule has 1 atom stereocenters. The Bertz CT molecular complexity index is 631. The predicted octanol–water partition coefficient (Wildman–Crippen LogP) is 2.47. The quantitative estimate of drug-likeness (QED) is 0.913. The second-order valence-electron chi connectivity index (χ2n) is 5.11. The van der Waals surface area contributed by atoms with E-state index in [2.05, 4.69) is 10.3 Å². The normalized spacial score (nSPS) is 17.3. The van der Waals surface area contributed by atoms with Gasteiger partial charge in [0.15, 0.2) is 0 Å². The first-order valence-electron chi connectivity index (χ1n) is 7.13. The molecule has 22 heavy (non-hydrogen) atoms. The first kappa shape index (κ1) is 14.3. The Morgan fingerprint density at radius 2 is 2.05 bits per heavy atom. The molecular formula is C16H17N3O3. The number of hydrogen-bond donors (Lipinski definition) is 2. The summed E-state index contributed by atoms with van der Waals surface area (Å²) in [5.41, 5.74) is 0. The van der Waals surface area contributed by atoms with Gasteiger partial charge in [0.25, 0.3) is 0 Å². The first-order chi connectivity index (χ1) is 10.7. The van der Waals surface area contributed by atoms with Crippen molar-refractivity contribution in [1.29, 1.82) is 0 Å². The van der Waals surface area contributed by atoms with Crippen LogP contribution in [0.25, 0.3) is 0 Å². The molecule has 0 spiro atoms. The highest BCUT2D eigenvalue weighted by atomic mass is 16.5. The zero-order chi connectivity index (χ0) is 15.4. The van der Waals surface area contributed by atoms with Crippen LogP contribution in [0.4, 0.5) is 10.6 Å². The van der Waals surface area contributed by atoms with Crippen molar-refractivity contribution in [1.82, 2.24) is 9.88 Å². The van der Waals surface area contributed by atoms with E-state index in [0.717, 1.165) is 5.75 Å². The number of β-amino-alcohol motifs (C(OH)–C–C–N with tert-alkyl or cyclic N) is 1. The van der Waals surface area contributed by atoms with Crippen LogP contribution in [0, 0.1) is 0 Å². The summed E-state index contributed by atoms with van der Waals surface area (Å²) < 4.78 is 5.63. The van der Waals surface area contributed by atoms with E-state index < -0.39 is 6.10 Å². The van der Waals surface area contributed by atoms with Gasteiger partial charge in [0.2, 0.25) is 0 Å². The molecule has 2 heterocycles. The maximum atomic E-state index is 12.0. The van der Waals surface area contributed by atoms with Crippen LogP contribution in [0.1, 0.15) is 6.42 Å². The number of aliphatic hydroxyl groups excluding tert-OH is 1. The van der Waals surface area contributed by atoms with Crippen LogP contribution in [0.15, 0.2) is 48.7 Å². The standard InChI is InChI=1S/C16H17N3O3/c20-12-8-9-19(11-12)16(21)18-15-7-6-14(10-17-15)22-13-4-2-1-3-5-13/h1-7,10,12,20H,8-9,11H2,(H,17,18,21)/t12-/m0/s1. The lowest BCUT2D eigenvalue weighted by molar-refractivity contribution is 0.176. The van der Waals surface area contributed by atoms with Crippen molar-refractivity contribution in [2.24, 2.45) is 0 Å². The summed E-state index contributed by atoms with van der Waals surface area (Å²) in [6.07, 6.45) is 1.74. The number of anilines is 1. The molecule has 0 bridgehead atoms. The number of nitrogens with one attached hydrogen (secondary N) is 1. The van der Waals surface area contributed by atoms with E-state index in [1.54, 1.807) is 23.2 Å². The summed E-state index contributed by atoms with van der Waals surface area (Å²) in [6, 6.07) is 12.6. The van der Waals surface area contributed by atoms with E-state index in [9.17, 15) is 9.90 Å². The lowest BCUT2D eigenvalue weighted by Crippen LogP contribution is -2.33. The molecular weight excluding hydrogens is 282 g/mol. The molecule has 0 radical (unpaired) electrons. The van der Waals surface area contributed by atoms with Gasteiger partial charge in [0.1, 0.15) is 17.3 Å². The average Bonchev–Trinajstić information content (AvgIpc) is 2.97. The summed E-state index contributed by atoms with van der Waals surface area (Å²) >= 11 is 0. The first-order valence-corrected chi connectivity index (χ1v) is 7.13. The number of urea groups is 1. The Morgan fingerprint density at radius 3 is 2.68 bits per heavy atom. The SMILES string of the molecule is O=C(Nc1ccc(Oc2ccccc2)cn1)N1CC[C@H](O)C1. The Morgan fingerprint density at radius 1 is 1.23 bits per heavy atom. The van der Waals surface area contributed by atoms with Gasteiger partial charge in [-0.15, -0.1) is 0 Å². The second kappa shape index (κ2) is 6.44. The monoisotopic (exact) mass is 299 g/mol. The van der Waals surface area contributed by atoms with E-state index in [1.807, 2.05) is 30.3 Å². The molecule has 1 saturated heterocycles. The van der Waals surface area contributed by atoms with Gasteiger partial charge in [-0.05, 0) is 30.7 Å². The lowest BCUT2D eigenvalue weighted by Gasteiger charge is -2.16. The van der Waals surface area contributed by atoms with Gasteiger partial charge in [0, 0.05) is 13.1 Å². The number of nitrogens with zero attached hydrogens (tertiary/aromatic N) is 2. The molecule has 1 aromatic carbocycles. The summed E-state index contributed by atoms with van der Waals surface area (Å²) in [6.45, 7) is 0.920. The van der Waals surface area contributed by atoms with Gasteiger partial charge in [-0.2, -0.15) is 0 Å². The molecule has 6 nitrogen and oxygen atoms in total. The minimum atomic E-state index is -0.430. The molecule has 2 N–H and O–H groups in total. The van der Waals surface area contributed by atoms with Crippen molar-refractivity contribution in [2.75, 3.05) is 18.4 Å².